The van der Waals surface area contributed by atoms with Crippen LogP contribution in [0.5, 0.6) is 5.75 Å². The van der Waals surface area contributed by atoms with Crippen molar-refractivity contribution in [3.05, 3.63) is 69.8 Å². The molecule has 0 unspecified atom stereocenters. The highest BCUT2D eigenvalue weighted by Crippen LogP contribution is 2.38. The van der Waals surface area contributed by atoms with Gasteiger partial charge in [-0.2, -0.15) is 0 Å². The van der Waals surface area contributed by atoms with Crippen LogP contribution < -0.4 is 26.2 Å². The van der Waals surface area contributed by atoms with Crippen LogP contribution in [0.15, 0.2) is 59.4 Å². The Bertz CT molecular complexity index is 1600. The normalized spacial score (nSPS) is 19.4. The Balaban J connectivity index is 1.25. The van der Waals surface area contributed by atoms with E-state index in [-0.39, 0.29) is 17.8 Å². The number of carbonyl (C=O) groups excluding carboxylic acids is 1. The third kappa shape index (κ3) is 4.10. The molecule has 1 saturated carbocycles. The fourth-order valence-corrected chi connectivity index (χ4v) is 6.45. The number of thiophene rings is 1. The number of benzene rings is 2. The maximum Gasteiger partial charge on any atom is 0.298 e. The van der Waals surface area contributed by atoms with E-state index in [9.17, 15) is 9.59 Å². The van der Waals surface area contributed by atoms with E-state index in [1.165, 1.54) is 24.2 Å². The van der Waals surface area contributed by atoms with E-state index in [0.717, 1.165) is 36.6 Å². The van der Waals surface area contributed by atoms with Crippen LogP contribution in [-0.4, -0.2) is 58.7 Å². The smallest absolute Gasteiger partial charge is 0.298 e. The Kier molecular flexibility index (Phi) is 5.59. The zero-order chi connectivity index (χ0) is 25.8. The number of anilines is 3. The number of para-hydroxylation sites is 1. The molecule has 4 heterocycles. The van der Waals surface area contributed by atoms with Gasteiger partial charge in [0.1, 0.15) is 17.2 Å². The molecule has 1 saturated heterocycles. The van der Waals surface area contributed by atoms with Crippen molar-refractivity contribution >= 4 is 44.8 Å². The third-order valence-electron chi connectivity index (χ3n) is 7.55. The van der Waals surface area contributed by atoms with Gasteiger partial charge in [0, 0.05) is 30.9 Å². The Morgan fingerprint density at radius 3 is 2.71 bits per heavy atom. The summed E-state index contributed by atoms with van der Waals surface area (Å²) < 4.78 is 7.46. The molecule has 2 aromatic heterocycles. The number of fused-ring (bicyclic) bond motifs is 2. The molecule has 9 nitrogen and oxygen atoms in total. The lowest BCUT2D eigenvalue weighted by molar-refractivity contribution is 0.0941. The minimum Gasteiger partial charge on any atom is -0.490 e. The van der Waals surface area contributed by atoms with Gasteiger partial charge in [-0.3, -0.25) is 19.1 Å². The van der Waals surface area contributed by atoms with E-state index in [4.69, 9.17) is 10.5 Å². The number of amides is 1. The molecule has 3 N–H and O–H groups in total. The summed E-state index contributed by atoms with van der Waals surface area (Å²) in [6, 6.07) is 18.3. The van der Waals surface area contributed by atoms with Crippen LogP contribution >= 0.6 is 11.3 Å². The Hall–Kier alpha value is -3.89. The van der Waals surface area contributed by atoms with Gasteiger partial charge in [-0.15, -0.1) is 11.3 Å². The summed E-state index contributed by atoms with van der Waals surface area (Å²) in [6.45, 7) is 3.18. The van der Waals surface area contributed by atoms with E-state index >= 15 is 0 Å². The first-order valence-electron chi connectivity index (χ1n) is 13.0. The third-order valence-corrected chi connectivity index (χ3v) is 8.57. The summed E-state index contributed by atoms with van der Waals surface area (Å²) in [7, 11) is 0. The first-order valence-corrected chi connectivity index (χ1v) is 13.8. The molecule has 38 heavy (non-hydrogen) atoms. The zero-order valence-electron chi connectivity index (χ0n) is 20.8. The first kappa shape index (κ1) is 23.2. The molecule has 1 aliphatic carbocycles. The summed E-state index contributed by atoms with van der Waals surface area (Å²) >= 11 is 1.25. The molecule has 2 aromatic carbocycles. The fourth-order valence-electron chi connectivity index (χ4n) is 5.52. The minimum atomic E-state index is -0.416. The lowest BCUT2D eigenvalue weighted by atomic mass is 10.1. The number of carbonyl (C=O) groups is 1. The van der Waals surface area contributed by atoms with Crippen LogP contribution in [0, 0.1) is 0 Å². The van der Waals surface area contributed by atoms with E-state index in [1.807, 2.05) is 36.4 Å². The van der Waals surface area contributed by atoms with Gasteiger partial charge in [-0.05, 0) is 55.7 Å². The quantitative estimate of drug-likeness (QED) is 0.408. The van der Waals surface area contributed by atoms with Crippen LogP contribution in [0.2, 0.25) is 0 Å². The van der Waals surface area contributed by atoms with Gasteiger partial charge < -0.3 is 20.7 Å². The SMILES string of the molecule is Nc1nc2sc(C(=O)N[C@H]3CCN(C4CC4)C3)cc2n(-c2ccc3c(c2)N(c2ccccc2)CCO3)c1=O. The van der Waals surface area contributed by atoms with E-state index in [1.54, 1.807) is 10.6 Å². The fraction of sp³-hybridized carbons (Fsp3) is 0.321. The largest absolute Gasteiger partial charge is 0.490 e. The van der Waals surface area contributed by atoms with Crippen LogP contribution in [0.25, 0.3) is 16.0 Å². The molecule has 3 aliphatic rings. The maximum absolute atomic E-state index is 13.3. The number of nitrogens with zero attached hydrogens (tertiary/aromatic N) is 4. The second-order valence-corrected chi connectivity index (χ2v) is 11.1. The molecule has 4 aromatic rings. The lowest BCUT2D eigenvalue weighted by Crippen LogP contribution is -2.37. The second kappa shape index (κ2) is 9.14. The molecule has 1 amide bonds. The molecule has 0 radical (unpaired) electrons. The van der Waals surface area contributed by atoms with Crippen molar-refractivity contribution in [2.75, 3.05) is 36.9 Å². The number of nitrogens with two attached hydrogens (primary N) is 1. The van der Waals surface area contributed by atoms with Gasteiger partial charge in [-0.25, -0.2) is 4.98 Å². The molecule has 0 spiro atoms. The van der Waals surface area contributed by atoms with Crippen molar-refractivity contribution in [3.63, 3.8) is 0 Å². The van der Waals surface area contributed by atoms with Crippen LogP contribution in [-0.2, 0) is 0 Å². The number of nitrogen functional groups attached to an aromatic ring is 1. The standard InChI is InChI=1S/C28H28N6O3S/c29-25-28(36)34(20-8-9-23-21(14-20)33(12-13-37-23)19-4-2-1-3-5-19)22-15-24(38-27(22)31-25)26(35)30-17-10-11-32(16-17)18-6-7-18/h1-5,8-9,14-15,17-18H,6-7,10-13,16H2,(H2,29,31)(H,30,35)/t17-/m0/s1. The molecule has 7 rings (SSSR count). The molecular weight excluding hydrogens is 500 g/mol. The van der Waals surface area contributed by atoms with Crippen LogP contribution in [0.4, 0.5) is 17.2 Å². The molecule has 2 fully saturated rings. The first-order chi connectivity index (χ1) is 18.5. The van der Waals surface area contributed by atoms with Crippen molar-refractivity contribution in [1.29, 1.82) is 0 Å². The topological polar surface area (TPSA) is 106 Å². The molecule has 194 valence electrons. The number of likely N-dealkylation sites (tertiary alicyclic amines) is 1. The molecule has 2 aliphatic heterocycles. The highest BCUT2D eigenvalue weighted by Gasteiger charge is 2.35. The van der Waals surface area contributed by atoms with Gasteiger partial charge in [0.05, 0.1) is 28.3 Å². The van der Waals surface area contributed by atoms with Gasteiger partial charge in [0.25, 0.3) is 11.5 Å². The summed E-state index contributed by atoms with van der Waals surface area (Å²) in [4.78, 5) is 36.5. The van der Waals surface area contributed by atoms with Gasteiger partial charge in [0.2, 0.25) is 0 Å². The number of aromatic nitrogens is 2. The number of nitrogens with one attached hydrogen (secondary N) is 1. The van der Waals surface area contributed by atoms with E-state index in [2.05, 4.69) is 32.2 Å². The Morgan fingerprint density at radius 1 is 1.05 bits per heavy atom. The molecule has 10 heteroatoms. The van der Waals surface area contributed by atoms with Gasteiger partial charge >= 0.3 is 0 Å². The average Bonchev–Trinajstić information content (AvgIpc) is 3.54. The van der Waals surface area contributed by atoms with Crippen molar-refractivity contribution in [2.24, 2.45) is 0 Å². The minimum absolute atomic E-state index is 0.101. The van der Waals surface area contributed by atoms with Crippen molar-refractivity contribution in [3.8, 4) is 11.4 Å². The summed E-state index contributed by atoms with van der Waals surface area (Å²) in [5.74, 6) is 0.510. The Morgan fingerprint density at radius 2 is 1.89 bits per heavy atom. The predicted octanol–water partition coefficient (Wildman–Crippen LogP) is 3.53. The molecule has 1 atom stereocenters. The highest BCUT2D eigenvalue weighted by molar-refractivity contribution is 7.20. The maximum atomic E-state index is 13.3. The van der Waals surface area contributed by atoms with Crippen molar-refractivity contribution < 1.29 is 9.53 Å². The summed E-state index contributed by atoms with van der Waals surface area (Å²) in [5, 5.41) is 3.18. The molecular formula is C28H28N6O3S. The lowest BCUT2D eigenvalue weighted by Gasteiger charge is -2.31. The second-order valence-electron chi connectivity index (χ2n) is 10.1. The van der Waals surface area contributed by atoms with Gasteiger partial charge in [-0.1, -0.05) is 18.2 Å². The number of ether oxygens (including phenoxy) is 1. The summed E-state index contributed by atoms with van der Waals surface area (Å²) in [6.07, 6.45) is 3.48. The zero-order valence-corrected chi connectivity index (χ0v) is 21.6. The Labute approximate surface area is 223 Å². The molecule has 0 bridgehead atoms. The monoisotopic (exact) mass is 528 g/mol. The van der Waals surface area contributed by atoms with Gasteiger partial charge in [0.15, 0.2) is 5.82 Å². The number of rotatable bonds is 5. The highest BCUT2D eigenvalue weighted by atomic mass is 32.1. The van der Waals surface area contributed by atoms with Crippen molar-refractivity contribution in [2.45, 2.75) is 31.3 Å². The predicted molar refractivity (Wildman–Crippen MR) is 149 cm³/mol. The van der Waals surface area contributed by atoms with E-state index < -0.39 is 5.56 Å². The summed E-state index contributed by atoms with van der Waals surface area (Å²) in [5.41, 5.74) is 8.76. The average molecular weight is 529 g/mol. The number of hydrogen-bond donors (Lipinski definition) is 2. The van der Waals surface area contributed by atoms with Crippen LogP contribution in [0.1, 0.15) is 28.9 Å². The van der Waals surface area contributed by atoms with Crippen molar-refractivity contribution in [1.82, 2.24) is 19.8 Å². The van der Waals surface area contributed by atoms with Crippen LogP contribution in [0.3, 0.4) is 0 Å². The van der Waals surface area contributed by atoms with E-state index in [0.29, 0.717) is 40.1 Å². The number of hydrogen-bond acceptors (Lipinski definition) is 8.